The minimum Gasteiger partial charge on any atom is -0.379 e. The second-order valence-corrected chi connectivity index (χ2v) is 6.47. The van der Waals surface area contributed by atoms with Gasteiger partial charge in [-0.3, -0.25) is 0 Å². The number of ether oxygens (including phenoxy) is 9. The lowest BCUT2D eigenvalue weighted by molar-refractivity contribution is -0.0248. The summed E-state index contributed by atoms with van der Waals surface area (Å²) in [5.41, 5.74) is 8.10. The number of hydrogen-bond donors (Lipinski definition) is 0. The summed E-state index contributed by atoms with van der Waals surface area (Å²) < 4.78 is 48.3. The molecule has 196 valence electrons. The van der Waals surface area contributed by atoms with Crippen LogP contribution in [0.25, 0.3) is 10.4 Å². The van der Waals surface area contributed by atoms with Gasteiger partial charge < -0.3 is 42.6 Å². The Morgan fingerprint density at radius 1 is 0.424 bits per heavy atom. The van der Waals surface area contributed by atoms with Gasteiger partial charge in [0.25, 0.3) is 0 Å². The molecule has 0 saturated heterocycles. The van der Waals surface area contributed by atoms with E-state index in [9.17, 15) is 0 Å². The van der Waals surface area contributed by atoms with Crippen LogP contribution in [0.1, 0.15) is 13.3 Å². The lowest BCUT2D eigenvalue weighted by atomic mass is 10.5. The molecule has 0 radical (unpaired) electrons. The van der Waals surface area contributed by atoms with Crippen molar-refractivity contribution in [2.75, 3.05) is 125 Å². The predicted molar refractivity (Wildman–Crippen MR) is 122 cm³/mol. The van der Waals surface area contributed by atoms with Crippen LogP contribution >= 0.6 is 0 Å². The van der Waals surface area contributed by atoms with Crippen LogP contribution in [0, 0.1) is 0 Å². The van der Waals surface area contributed by atoms with Gasteiger partial charge in [0, 0.05) is 18.1 Å². The molecule has 0 atom stereocenters. The van der Waals surface area contributed by atoms with Crippen molar-refractivity contribution in [3.8, 4) is 0 Å². The third kappa shape index (κ3) is 30.9. The highest BCUT2D eigenvalue weighted by molar-refractivity contribution is 4.44. The maximum Gasteiger partial charge on any atom is 0.0701 e. The van der Waals surface area contributed by atoms with Crippen molar-refractivity contribution in [2.24, 2.45) is 5.11 Å². The van der Waals surface area contributed by atoms with Crippen LogP contribution in [0.4, 0.5) is 0 Å². The molecule has 0 N–H and O–H groups in total. The second-order valence-electron chi connectivity index (χ2n) is 6.47. The van der Waals surface area contributed by atoms with Crippen LogP contribution in [0.5, 0.6) is 0 Å². The molecule has 0 aliphatic heterocycles. The number of rotatable bonds is 29. The highest BCUT2D eigenvalue weighted by Gasteiger charge is 1.95. The highest BCUT2D eigenvalue weighted by Crippen LogP contribution is 1.86. The van der Waals surface area contributed by atoms with Gasteiger partial charge in [-0.25, -0.2) is 0 Å². The van der Waals surface area contributed by atoms with Gasteiger partial charge in [-0.2, -0.15) is 0 Å². The third-order valence-corrected chi connectivity index (χ3v) is 3.72. The molecule has 33 heavy (non-hydrogen) atoms. The Labute approximate surface area is 197 Å². The topological polar surface area (TPSA) is 132 Å². The Hall–Kier alpha value is -1.05. The van der Waals surface area contributed by atoms with Crippen LogP contribution in [-0.4, -0.2) is 125 Å². The summed E-state index contributed by atoms with van der Waals surface area (Å²) in [6.45, 7) is 12.1. The smallest absolute Gasteiger partial charge is 0.0701 e. The van der Waals surface area contributed by atoms with E-state index >= 15 is 0 Å². The van der Waals surface area contributed by atoms with Crippen molar-refractivity contribution in [3.63, 3.8) is 0 Å². The van der Waals surface area contributed by atoms with Crippen LogP contribution in [0.15, 0.2) is 5.11 Å². The Morgan fingerprint density at radius 2 is 0.667 bits per heavy atom. The Bertz CT molecular complexity index is 416. The summed E-state index contributed by atoms with van der Waals surface area (Å²) >= 11 is 0. The van der Waals surface area contributed by atoms with E-state index in [1.807, 2.05) is 0 Å². The fourth-order valence-electron chi connectivity index (χ4n) is 2.16. The van der Waals surface area contributed by atoms with Gasteiger partial charge in [0.1, 0.15) is 0 Å². The van der Waals surface area contributed by atoms with Gasteiger partial charge in [-0.1, -0.05) is 12.0 Å². The molecular formula is C21H43N3O9. The first-order valence-corrected chi connectivity index (χ1v) is 11.6. The first kappa shape index (κ1) is 31.9. The molecule has 0 heterocycles. The molecule has 0 saturated carbocycles. The Kier molecular flexibility index (Phi) is 30.0. The van der Waals surface area contributed by atoms with Gasteiger partial charge in [0.2, 0.25) is 0 Å². The number of nitrogens with zero attached hydrogens (tertiary/aromatic N) is 3. The summed E-state index contributed by atoms with van der Waals surface area (Å²) in [6, 6.07) is 0. The summed E-state index contributed by atoms with van der Waals surface area (Å²) in [5, 5.41) is 3.37. The van der Waals surface area contributed by atoms with E-state index in [1.54, 1.807) is 0 Å². The SMILES string of the molecule is CCCOCCOCCOCCOCCOCCOCCOCCOCCOCCN=[N+]=[N-]. The molecule has 12 nitrogen and oxygen atoms in total. The fourth-order valence-corrected chi connectivity index (χ4v) is 2.16. The van der Waals surface area contributed by atoms with Crippen LogP contribution < -0.4 is 0 Å². The maximum absolute atomic E-state index is 8.10. The quantitative estimate of drug-likeness (QED) is 0.0679. The molecule has 0 spiro atoms. The summed E-state index contributed by atoms with van der Waals surface area (Å²) in [5.74, 6) is 0. The van der Waals surface area contributed by atoms with E-state index in [-0.39, 0.29) is 0 Å². The van der Waals surface area contributed by atoms with E-state index in [1.165, 1.54) is 0 Å². The lowest BCUT2D eigenvalue weighted by Gasteiger charge is -2.08. The molecule has 0 aromatic carbocycles. The Morgan fingerprint density at radius 3 is 0.909 bits per heavy atom. The van der Waals surface area contributed by atoms with Gasteiger partial charge in [-0.15, -0.1) is 0 Å². The van der Waals surface area contributed by atoms with Crippen molar-refractivity contribution in [1.82, 2.24) is 0 Å². The first-order chi connectivity index (χ1) is 16.4. The lowest BCUT2D eigenvalue weighted by Crippen LogP contribution is -2.15. The third-order valence-electron chi connectivity index (χ3n) is 3.72. The Balaban J connectivity index is 3.01. The van der Waals surface area contributed by atoms with Crippen molar-refractivity contribution in [3.05, 3.63) is 10.4 Å². The summed E-state index contributed by atoms with van der Waals surface area (Å²) in [7, 11) is 0. The monoisotopic (exact) mass is 481 g/mol. The van der Waals surface area contributed by atoms with Gasteiger partial charge in [0.15, 0.2) is 0 Å². The summed E-state index contributed by atoms with van der Waals surface area (Å²) in [4.78, 5) is 2.64. The van der Waals surface area contributed by atoms with Gasteiger partial charge in [-0.05, 0) is 12.0 Å². The average molecular weight is 482 g/mol. The average Bonchev–Trinajstić information content (AvgIpc) is 2.83. The van der Waals surface area contributed by atoms with Crippen LogP contribution in [-0.2, 0) is 42.6 Å². The van der Waals surface area contributed by atoms with Gasteiger partial charge in [0.05, 0.1) is 112 Å². The maximum atomic E-state index is 8.10. The largest absolute Gasteiger partial charge is 0.379 e. The molecule has 0 fully saturated rings. The van der Waals surface area contributed by atoms with Crippen molar-refractivity contribution in [1.29, 1.82) is 0 Å². The normalized spacial score (nSPS) is 11.1. The number of azide groups is 1. The van der Waals surface area contributed by atoms with E-state index in [2.05, 4.69) is 16.9 Å². The van der Waals surface area contributed by atoms with Crippen molar-refractivity contribution < 1.29 is 42.6 Å². The minimum atomic E-state index is 0.334. The van der Waals surface area contributed by atoms with Crippen LogP contribution in [0.3, 0.4) is 0 Å². The molecule has 0 aromatic rings. The molecule has 0 amide bonds. The number of hydrogen-bond acceptors (Lipinski definition) is 10. The van der Waals surface area contributed by atoms with E-state index in [0.29, 0.717) is 119 Å². The molecule has 12 heteroatoms. The molecular weight excluding hydrogens is 438 g/mol. The molecule has 0 bridgehead atoms. The molecule has 0 aromatic heterocycles. The van der Waals surface area contributed by atoms with E-state index < -0.39 is 0 Å². The van der Waals surface area contributed by atoms with Gasteiger partial charge >= 0.3 is 0 Å². The first-order valence-electron chi connectivity index (χ1n) is 11.6. The standard InChI is InChI=1S/C21H43N3O9/c1-2-4-25-6-8-27-10-12-29-14-16-31-18-20-33-21-19-32-17-15-30-13-11-28-9-7-26-5-3-23-24-22/h2-21H2,1H3. The zero-order valence-corrected chi connectivity index (χ0v) is 20.2. The molecule has 0 aliphatic carbocycles. The predicted octanol–water partition coefficient (Wildman–Crippen LogP) is 1.86. The zero-order chi connectivity index (χ0) is 23.9. The highest BCUT2D eigenvalue weighted by atomic mass is 16.6. The minimum absolute atomic E-state index is 0.334. The second kappa shape index (κ2) is 30.9. The van der Waals surface area contributed by atoms with E-state index in [0.717, 1.165) is 13.0 Å². The zero-order valence-electron chi connectivity index (χ0n) is 20.2. The van der Waals surface area contributed by atoms with Crippen molar-refractivity contribution >= 4 is 0 Å². The summed E-state index contributed by atoms with van der Waals surface area (Å²) in [6.07, 6.45) is 1.03. The molecule has 0 rings (SSSR count). The van der Waals surface area contributed by atoms with Crippen LogP contribution in [0.2, 0.25) is 0 Å². The molecule has 0 unspecified atom stereocenters. The van der Waals surface area contributed by atoms with E-state index in [4.69, 9.17) is 48.2 Å². The fraction of sp³-hybridized carbons (Fsp3) is 1.00. The molecule has 0 aliphatic rings. The van der Waals surface area contributed by atoms with Crippen molar-refractivity contribution in [2.45, 2.75) is 13.3 Å².